The molecule has 0 aliphatic carbocycles. The monoisotopic (exact) mass is 335 g/mol. The highest BCUT2D eigenvalue weighted by Gasteiger charge is 2.18. The van der Waals surface area contributed by atoms with Gasteiger partial charge in [0.15, 0.2) is 0 Å². The summed E-state index contributed by atoms with van der Waals surface area (Å²) in [6.07, 6.45) is 2.53. The maximum Gasteiger partial charge on any atom is 0.0452 e. The normalized spacial score (nSPS) is 18.5. The van der Waals surface area contributed by atoms with Crippen molar-refractivity contribution in [2.24, 2.45) is 5.92 Å². The second-order valence-electron chi connectivity index (χ2n) is 4.61. The standard InChI is InChI=1S/C13H16BrCl2N/c14-8-10-3-5-17(6-4-10)9-11-7-12(15)1-2-13(11)16/h1-2,7,10H,3-6,8-9H2. The predicted molar refractivity (Wildman–Crippen MR) is 78.3 cm³/mol. The molecule has 1 fully saturated rings. The lowest BCUT2D eigenvalue weighted by atomic mass is 9.99. The second-order valence-corrected chi connectivity index (χ2v) is 6.10. The third-order valence-corrected chi connectivity index (χ3v) is 4.85. The summed E-state index contributed by atoms with van der Waals surface area (Å²) in [7, 11) is 0. The van der Waals surface area contributed by atoms with Gasteiger partial charge in [-0.2, -0.15) is 0 Å². The lowest BCUT2D eigenvalue weighted by Gasteiger charge is -2.31. The van der Waals surface area contributed by atoms with E-state index in [-0.39, 0.29) is 0 Å². The Labute approximate surface area is 121 Å². The number of alkyl halides is 1. The van der Waals surface area contributed by atoms with Crippen molar-refractivity contribution in [3.63, 3.8) is 0 Å². The number of hydrogen-bond donors (Lipinski definition) is 0. The van der Waals surface area contributed by atoms with E-state index in [9.17, 15) is 0 Å². The molecule has 0 bridgehead atoms. The third kappa shape index (κ3) is 3.85. The van der Waals surface area contributed by atoms with Crippen molar-refractivity contribution >= 4 is 39.1 Å². The van der Waals surface area contributed by atoms with E-state index >= 15 is 0 Å². The summed E-state index contributed by atoms with van der Waals surface area (Å²) in [6, 6.07) is 5.69. The number of piperidine rings is 1. The smallest absolute Gasteiger partial charge is 0.0452 e. The van der Waals surface area contributed by atoms with Crippen molar-refractivity contribution in [1.29, 1.82) is 0 Å². The summed E-state index contributed by atoms with van der Waals surface area (Å²) in [5, 5.41) is 2.70. The van der Waals surface area contributed by atoms with Crippen LogP contribution in [0.15, 0.2) is 18.2 Å². The summed E-state index contributed by atoms with van der Waals surface area (Å²) < 4.78 is 0. The van der Waals surface area contributed by atoms with Crippen LogP contribution in [-0.2, 0) is 6.54 Å². The fourth-order valence-electron chi connectivity index (χ4n) is 2.20. The Bertz CT molecular complexity index is 376. The molecule has 94 valence electrons. The topological polar surface area (TPSA) is 3.24 Å². The summed E-state index contributed by atoms with van der Waals surface area (Å²) in [4.78, 5) is 2.46. The average Bonchev–Trinajstić information content (AvgIpc) is 2.35. The molecule has 0 atom stereocenters. The quantitative estimate of drug-likeness (QED) is 0.729. The minimum Gasteiger partial charge on any atom is -0.299 e. The molecule has 17 heavy (non-hydrogen) atoms. The van der Waals surface area contributed by atoms with E-state index in [4.69, 9.17) is 23.2 Å². The summed E-state index contributed by atoms with van der Waals surface area (Å²) in [6.45, 7) is 3.21. The van der Waals surface area contributed by atoms with Crippen molar-refractivity contribution in [3.8, 4) is 0 Å². The molecular formula is C13H16BrCl2N. The number of benzene rings is 1. The summed E-state index contributed by atoms with van der Waals surface area (Å²) >= 11 is 15.7. The van der Waals surface area contributed by atoms with Gasteiger partial charge in [-0.3, -0.25) is 4.90 Å². The molecule has 0 spiro atoms. The summed E-state index contributed by atoms with van der Waals surface area (Å²) in [5.41, 5.74) is 1.14. The highest BCUT2D eigenvalue weighted by atomic mass is 79.9. The van der Waals surface area contributed by atoms with E-state index in [2.05, 4.69) is 20.8 Å². The van der Waals surface area contributed by atoms with Crippen LogP contribution in [0.3, 0.4) is 0 Å². The number of rotatable bonds is 3. The largest absolute Gasteiger partial charge is 0.299 e. The van der Waals surface area contributed by atoms with Crippen LogP contribution in [-0.4, -0.2) is 23.3 Å². The minimum atomic E-state index is 0.764. The lowest BCUT2D eigenvalue weighted by Crippen LogP contribution is -2.33. The second kappa shape index (κ2) is 6.42. The molecule has 0 saturated carbocycles. The zero-order chi connectivity index (χ0) is 12.3. The molecule has 1 aromatic rings. The van der Waals surface area contributed by atoms with E-state index in [1.54, 1.807) is 0 Å². The Morgan fingerprint density at radius 3 is 2.59 bits per heavy atom. The van der Waals surface area contributed by atoms with Crippen molar-refractivity contribution < 1.29 is 0 Å². The molecular weight excluding hydrogens is 321 g/mol. The Hall–Kier alpha value is 0.240. The van der Waals surface area contributed by atoms with Gasteiger partial charge in [0, 0.05) is 21.9 Å². The van der Waals surface area contributed by atoms with Crippen LogP contribution < -0.4 is 0 Å². The molecule has 2 rings (SSSR count). The van der Waals surface area contributed by atoms with Gasteiger partial charge in [0.25, 0.3) is 0 Å². The third-order valence-electron chi connectivity index (χ3n) is 3.33. The Morgan fingerprint density at radius 1 is 1.24 bits per heavy atom. The Balaban J connectivity index is 1.95. The van der Waals surface area contributed by atoms with Gasteiger partial charge < -0.3 is 0 Å². The zero-order valence-electron chi connectivity index (χ0n) is 9.63. The van der Waals surface area contributed by atoms with Gasteiger partial charge in [-0.1, -0.05) is 39.1 Å². The van der Waals surface area contributed by atoms with Gasteiger partial charge in [-0.05, 0) is 55.6 Å². The number of nitrogens with zero attached hydrogens (tertiary/aromatic N) is 1. The van der Waals surface area contributed by atoms with Crippen molar-refractivity contribution in [3.05, 3.63) is 33.8 Å². The van der Waals surface area contributed by atoms with Crippen LogP contribution in [0.2, 0.25) is 10.0 Å². The number of hydrogen-bond acceptors (Lipinski definition) is 1. The van der Waals surface area contributed by atoms with Crippen LogP contribution >= 0.6 is 39.1 Å². The van der Waals surface area contributed by atoms with Crippen LogP contribution in [0.25, 0.3) is 0 Å². The fraction of sp³-hybridized carbons (Fsp3) is 0.538. The van der Waals surface area contributed by atoms with E-state index in [0.717, 1.165) is 46.5 Å². The number of halogens is 3. The van der Waals surface area contributed by atoms with E-state index < -0.39 is 0 Å². The van der Waals surface area contributed by atoms with Crippen molar-refractivity contribution in [1.82, 2.24) is 4.90 Å². The van der Waals surface area contributed by atoms with Gasteiger partial charge in [0.05, 0.1) is 0 Å². The van der Waals surface area contributed by atoms with E-state index in [1.807, 2.05) is 18.2 Å². The van der Waals surface area contributed by atoms with Crippen LogP contribution in [0.4, 0.5) is 0 Å². The maximum absolute atomic E-state index is 6.18. The zero-order valence-corrected chi connectivity index (χ0v) is 12.7. The molecule has 1 aliphatic heterocycles. The molecule has 1 aromatic carbocycles. The Kier molecular flexibility index (Phi) is 5.16. The Morgan fingerprint density at radius 2 is 1.94 bits per heavy atom. The van der Waals surface area contributed by atoms with Crippen LogP contribution in [0, 0.1) is 5.92 Å². The molecule has 0 N–H and O–H groups in total. The maximum atomic E-state index is 6.18. The molecule has 0 unspecified atom stereocenters. The first kappa shape index (κ1) is 13.7. The number of likely N-dealkylation sites (tertiary alicyclic amines) is 1. The summed E-state index contributed by atoms with van der Waals surface area (Å²) in [5.74, 6) is 0.834. The highest BCUT2D eigenvalue weighted by Crippen LogP contribution is 2.25. The predicted octanol–water partition coefficient (Wildman–Crippen LogP) is 4.60. The van der Waals surface area contributed by atoms with Gasteiger partial charge in [-0.25, -0.2) is 0 Å². The first-order valence-electron chi connectivity index (χ1n) is 5.91. The van der Waals surface area contributed by atoms with Gasteiger partial charge in [0.1, 0.15) is 0 Å². The molecule has 1 heterocycles. The molecule has 4 heteroatoms. The highest BCUT2D eigenvalue weighted by molar-refractivity contribution is 9.09. The molecule has 0 radical (unpaired) electrons. The lowest BCUT2D eigenvalue weighted by molar-refractivity contribution is 0.187. The van der Waals surface area contributed by atoms with Crippen molar-refractivity contribution in [2.45, 2.75) is 19.4 Å². The van der Waals surface area contributed by atoms with Crippen molar-refractivity contribution in [2.75, 3.05) is 18.4 Å². The van der Waals surface area contributed by atoms with Crippen LogP contribution in [0.1, 0.15) is 18.4 Å². The minimum absolute atomic E-state index is 0.764. The van der Waals surface area contributed by atoms with Gasteiger partial charge >= 0.3 is 0 Å². The van der Waals surface area contributed by atoms with Crippen LogP contribution in [0.5, 0.6) is 0 Å². The first-order chi connectivity index (χ1) is 8.19. The fourth-order valence-corrected chi connectivity index (χ4v) is 3.22. The van der Waals surface area contributed by atoms with E-state index in [0.29, 0.717) is 0 Å². The van der Waals surface area contributed by atoms with Gasteiger partial charge in [0.2, 0.25) is 0 Å². The van der Waals surface area contributed by atoms with Gasteiger partial charge in [-0.15, -0.1) is 0 Å². The average molecular weight is 337 g/mol. The molecule has 1 nitrogen and oxygen atoms in total. The van der Waals surface area contributed by atoms with E-state index in [1.165, 1.54) is 12.8 Å². The molecule has 1 aliphatic rings. The molecule has 1 saturated heterocycles. The molecule has 0 aromatic heterocycles. The first-order valence-corrected chi connectivity index (χ1v) is 7.79. The SMILES string of the molecule is Clc1ccc(Cl)c(CN2CCC(CBr)CC2)c1. The molecule has 0 amide bonds.